The van der Waals surface area contributed by atoms with Crippen LogP contribution in [0.4, 0.5) is 23.7 Å². The van der Waals surface area contributed by atoms with Crippen LogP contribution >= 0.6 is 11.6 Å². The number of benzene rings is 1. The van der Waals surface area contributed by atoms with Crippen molar-refractivity contribution >= 4 is 23.3 Å². The van der Waals surface area contributed by atoms with Crippen molar-refractivity contribution in [3.05, 3.63) is 29.3 Å². The third-order valence-corrected chi connectivity index (χ3v) is 3.92. The van der Waals surface area contributed by atoms with Gasteiger partial charge in [-0.05, 0) is 31.4 Å². The Morgan fingerprint density at radius 2 is 1.95 bits per heavy atom. The largest absolute Gasteiger partial charge is 0.391 e. The van der Waals surface area contributed by atoms with Crippen LogP contribution in [0.5, 0.6) is 0 Å². The van der Waals surface area contributed by atoms with E-state index in [0.717, 1.165) is 0 Å². The molecular formula is C14H16ClF3N2O. The monoisotopic (exact) mass is 320 g/mol. The maximum atomic E-state index is 12.7. The van der Waals surface area contributed by atoms with Gasteiger partial charge in [0.2, 0.25) is 0 Å². The topological polar surface area (TPSA) is 41.1 Å². The fourth-order valence-corrected chi connectivity index (χ4v) is 2.71. The molecule has 0 spiro atoms. The molecule has 0 heterocycles. The van der Waals surface area contributed by atoms with Crippen LogP contribution in [0.2, 0.25) is 5.02 Å². The van der Waals surface area contributed by atoms with Gasteiger partial charge in [-0.2, -0.15) is 13.2 Å². The molecule has 1 saturated carbocycles. The zero-order valence-electron chi connectivity index (χ0n) is 11.2. The Morgan fingerprint density at radius 1 is 1.24 bits per heavy atom. The Bertz CT molecular complexity index is 507. The number of alkyl halides is 3. The molecule has 2 atom stereocenters. The second-order valence-corrected chi connectivity index (χ2v) is 5.59. The number of urea groups is 1. The summed E-state index contributed by atoms with van der Waals surface area (Å²) in [5.41, 5.74) is 0.430. The molecule has 0 aliphatic heterocycles. The molecule has 21 heavy (non-hydrogen) atoms. The van der Waals surface area contributed by atoms with E-state index >= 15 is 0 Å². The Morgan fingerprint density at radius 3 is 2.62 bits per heavy atom. The molecule has 2 N–H and O–H groups in total. The maximum Gasteiger partial charge on any atom is 0.391 e. The van der Waals surface area contributed by atoms with Gasteiger partial charge in [0, 0.05) is 6.04 Å². The van der Waals surface area contributed by atoms with E-state index in [0.29, 0.717) is 23.6 Å². The summed E-state index contributed by atoms with van der Waals surface area (Å²) in [6.07, 6.45) is -3.11. The molecule has 0 aromatic heterocycles. The fourth-order valence-electron chi connectivity index (χ4n) is 2.52. The van der Waals surface area contributed by atoms with Crippen LogP contribution in [-0.4, -0.2) is 18.2 Å². The highest BCUT2D eigenvalue weighted by molar-refractivity contribution is 6.33. The quantitative estimate of drug-likeness (QED) is 0.822. The molecule has 0 saturated heterocycles. The number of hydrogen-bond acceptors (Lipinski definition) is 1. The van der Waals surface area contributed by atoms with E-state index in [1.165, 1.54) is 0 Å². The van der Waals surface area contributed by atoms with Crippen molar-refractivity contribution in [3.63, 3.8) is 0 Å². The molecule has 1 fully saturated rings. The average Bonchev–Trinajstić information content (AvgIpc) is 2.41. The number of anilines is 1. The van der Waals surface area contributed by atoms with Crippen molar-refractivity contribution in [1.82, 2.24) is 5.32 Å². The van der Waals surface area contributed by atoms with Gasteiger partial charge in [0.25, 0.3) is 0 Å². The van der Waals surface area contributed by atoms with E-state index in [9.17, 15) is 18.0 Å². The van der Waals surface area contributed by atoms with Crippen molar-refractivity contribution in [2.24, 2.45) is 5.92 Å². The van der Waals surface area contributed by atoms with Gasteiger partial charge >= 0.3 is 12.2 Å². The van der Waals surface area contributed by atoms with Gasteiger partial charge in [0.15, 0.2) is 0 Å². The lowest BCUT2D eigenvalue weighted by molar-refractivity contribution is -0.183. The highest BCUT2D eigenvalue weighted by Gasteiger charge is 2.42. The lowest BCUT2D eigenvalue weighted by atomic mass is 9.85. The molecule has 116 valence electrons. The van der Waals surface area contributed by atoms with Gasteiger partial charge in [0.1, 0.15) is 0 Å². The van der Waals surface area contributed by atoms with Crippen molar-refractivity contribution in [2.75, 3.05) is 5.32 Å². The molecule has 1 aliphatic carbocycles. The number of carbonyl (C=O) groups excluding carboxylic acids is 1. The summed E-state index contributed by atoms with van der Waals surface area (Å²) in [5.74, 6) is -1.34. The highest BCUT2D eigenvalue weighted by Crippen LogP contribution is 2.37. The molecule has 2 unspecified atom stereocenters. The minimum atomic E-state index is -4.19. The molecule has 7 heteroatoms. The summed E-state index contributed by atoms with van der Waals surface area (Å²) in [4.78, 5) is 11.8. The normalized spacial score (nSPS) is 22.7. The summed E-state index contributed by atoms with van der Waals surface area (Å²) >= 11 is 5.90. The maximum absolute atomic E-state index is 12.7. The molecule has 3 nitrogen and oxygen atoms in total. The minimum Gasteiger partial charge on any atom is -0.335 e. The lowest BCUT2D eigenvalue weighted by Gasteiger charge is -2.31. The number of para-hydroxylation sites is 1. The Kier molecular flexibility index (Phi) is 4.98. The fraction of sp³-hybridized carbons (Fsp3) is 0.500. The van der Waals surface area contributed by atoms with Gasteiger partial charge in [0.05, 0.1) is 16.6 Å². The zero-order valence-corrected chi connectivity index (χ0v) is 12.0. The smallest absolute Gasteiger partial charge is 0.335 e. The molecular weight excluding hydrogens is 305 g/mol. The van der Waals surface area contributed by atoms with E-state index in [1.807, 2.05) is 0 Å². The van der Waals surface area contributed by atoms with Gasteiger partial charge in [-0.25, -0.2) is 4.79 Å². The van der Waals surface area contributed by atoms with Crippen LogP contribution in [0.3, 0.4) is 0 Å². The highest BCUT2D eigenvalue weighted by atomic mass is 35.5. The van der Waals surface area contributed by atoms with E-state index in [2.05, 4.69) is 10.6 Å². The first kappa shape index (κ1) is 15.9. The van der Waals surface area contributed by atoms with Crippen molar-refractivity contribution in [2.45, 2.75) is 37.9 Å². The second-order valence-electron chi connectivity index (χ2n) is 5.18. The van der Waals surface area contributed by atoms with Crippen LogP contribution < -0.4 is 10.6 Å². The van der Waals surface area contributed by atoms with Crippen molar-refractivity contribution < 1.29 is 18.0 Å². The van der Waals surface area contributed by atoms with E-state index in [4.69, 9.17) is 11.6 Å². The van der Waals surface area contributed by atoms with Crippen molar-refractivity contribution in [1.29, 1.82) is 0 Å². The Hall–Kier alpha value is -1.43. The Balaban J connectivity index is 1.89. The molecule has 2 rings (SSSR count). The van der Waals surface area contributed by atoms with Gasteiger partial charge in [-0.3, -0.25) is 0 Å². The van der Waals surface area contributed by atoms with Crippen LogP contribution in [-0.2, 0) is 0 Å². The number of halogens is 4. The number of nitrogens with one attached hydrogen (secondary N) is 2. The van der Waals surface area contributed by atoms with E-state index in [1.54, 1.807) is 24.3 Å². The zero-order chi connectivity index (χ0) is 15.5. The molecule has 1 aliphatic rings. The first-order chi connectivity index (χ1) is 9.86. The molecule has 1 aromatic carbocycles. The summed E-state index contributed by atoms with van der Waals surface area (Å²) in [7, 11) is 0. The number of amides is 2. The predicted molar refractivity (Wildman–Crippen MR) is 75.4 cm³/mol. The van der Waals surface area contributed by atoms with Gasteiger partial charge in [-0.15, -0.1) is 0 Å². The van der Waals surface area contributed by atoms with E-state index < -0.39 is 24.2 Å². The average molecular weight is 321 g/mol. The standard InChI is InChI=1S/C14H16ClF3N2O/c15-11-6-1-2-7-12(11)20-13(21)19-10-5-3-4-9(8-10)14(16,17)18/h1-2,6-7,9-10H,3-5,8H2,(H2,19,20,21). The first-order valence-electron chi connectivity index (χ1n) is 6.75. The molecule has 1 aromatic rings. The third-order valence-electron chi connectivity index (χ3n) is 3.59. The SMILES string of the molecule is O=C(Nc1ccccc1Cl)NC1CCCC(C(F)(F)F)C1. The summed E-state index contributed by atoms with van der Waals surface area (Å²) in [5, 5.41) is 5.51. The molecule has 0 radical (unpaired) electrons. The predicted octanol–water partition coefficient (Wildman–Crippen LogP) is 4.58. The van der Waals surface area contributed by atoms with Gasteiger partial charge in [-0.1, -0.05) is 30.2 Å². The van der Waals surface area contributed by atoms with Crippen molar-refractivity contribution in [3.8, 4) is 0 Å². The van der Waals surface area contributed by atoms with Crippen LogP contribution in [0.1, 0.15) is 25.7 Å². The second kappa shape index (κ2) is 6.56. The van der Waals surface area contributed by atoms with Crippen LogP contribution in [0.25, 0.3) is 0 Å². The van der Waals surface area contributed by atoms with Crippen LogP contribution in [0.15, 0.2) is 24.3 Å². The third kappa shape index (κ3) is 4.52. The van der Waals surface area contributed by atoms with E-state index in [-0.39, 0.29) is 12.8 Å². The summed E-state index contributed by atoms with van der Waals surface area (Å²) in [6, 6.07) is 5.69. The summed E-state index contributed by atoms with van der Waals surface area (Å²) in [6.45, 7) is 0. The molecule has 2 amide bonds. The van der Waals surface area contributed by atoms with Gasteiger partial charge < -0.3 is 10.6 Å². The molecule has 0 bridgehead atoms. The lowest BCUT2D eigenvalue weighted by Crippen LogP contribution is -2.43. The minimum absolute atomic E-state index is 0.0700. The number of rotatable bonds is 2. The first-order valence-corrected chi connectivity index (χ1v) is 7.13. The number of carbonyl (C=O) groups is 1. The summed E-state index contributed by atoms with van der Waals surface area (Å²) < 4.78 is 38.1. The number of hydrogen-bond donors (Lipinski definition) is 2. The Labute approximate surface area is 125 Å². The van der Waals surface area contributed by atoms with Crippen LogP contribution in [0, 0.1) is 5.92 Å².